The highest BCUT2D eigenvalue weighted by atomic mass is 32.2. The summed E-state index contributed by atoms with van der Waals surface area (Å²) in [6.45, 7) is -2.10. The lowest BCUT2D eigenvalue weighted by Crippen LogP contribution is -2.52. The minimum absolute atomic E-state index is 0.0780. The molecule has 2 atom stereocenters. The number of benzene rings is 3. The van der Waals surface area contributed by atoms with Crippen molar-refractivity contribution in [3.63, 3.8) is 0 Å². The summed E-state index contributed by atoms with van der Waals surface area (Å²) in [5.41, 5.74) is 3.96. The first-order valence-electron chi connectivity index (χ1n) is 15.6. The van der Waals surface area contributed by atoms with Crippen molar-refractivity contribution in [2.75, 3.05) is 20.3 Å². The number of carbonyl (C=O) groups excluding carboxylic acids is 2. The van der Waals surface area contributed by atoms with Crippen LogP contribution in [-0.2, 0) is 26.1 Å². The van der Waals surface area contributed by atoms with Crippen molar-refractivity contribution < 1.29 is 36.6 Å². The van der Waals surface area contributed by atoms with Crippen LogP contribution in [0.5, 0.6) is 0 Å². The summed E-state index contributed by atoms with van der Waals surface area (Å²) in [6, 6.07) is 19.5. The zero-order valence-corrected chi connectivity index (χ0v) is 28.5. The number of aromatic amines is 1. The number of H-pyrrole nitrogens is 1. The van der Waals surface area contributed by atoms with Gasteiger partial charge in [-0.25, -0.2) is 27.0 Å². The number of fused-ring (bicyclic) bond motifs is 1. The van der Waals surface area contributed by atoms with Crippen molar-refractivity contribution in [3.05, 3.63) is 113 Å². The fourth-order valence-corrected chi connectivity index (χ4v) is 8.04. The van der Waals surface area contributed by atoms with Crippen molar-refractivity contribution in [3.8, 4) is 0 Å². The third kappa shape index (κ3) is 8.87. The summed E-state index contributed by atoms with van der Waals surface area (Å²) in [4.78, 5) is 30.1. The number of rotatable bonds is 16. The number of carbonyl (C=O) groups is 2. The van der Waals surface area contributed by atoms with Crippen LogP contribution in [0.1, 0.15) is 35.4 Å². The van der Waals surface area contributed by atoms with E-state index in [9.17, 15) is 23.1 Å². The molecule has 3 aromatic carbocycles. The van der Waals surface area contributed by atoms with Gasteiger partial charge in [0.15, 0.2) is 0 Å². The van der Waals surface area contributed by atoms with Crippen LogP contribution < -0.4 is 10.6 Å². The number of ether oxygens (including phenoxy) is 1. The molecule has 0 aliphatic heterocycles. The molecular weight excluding hydrogens is 691 g/mol. The third-order valence-electron chi connectivity index (χ3n) is 8.18. The van der Waals surface area contributed by atoms with Gasteiger partial charge in [0.25, 0.3) is 5.92 Å². The molecule has 0 aliphatic carbocycles. The number of aliphatic hydroxyl groups is 1. The summed E-state index contributed by atoms with van der Waals surface area (Å²) < 4.78 is 65.3. The quantitative estimate of drug-likeness (QED) is 0.114. The topological polar surface area (TPSA) is 167 Å². The van der Waals surface area contributed by atoms with Crippen molar-refractivity contribution in [1.29, 1.82) is 0 Å². The molecule has 0 fully saturated rings. The van der Waals surface area contributed by atoms with Crippen LogP contribution in [0.3, 0.4) is 0 Å². The van der Waals surface area contributed by atoms with Gasteiger partial charge in [-0.2, -0.15) is 9.40 Å². The smallest absolute Gasteiger partial charge is 0.407 e. The Labute approximate surface area is 291 Å². The Morgan fingerprint density at radius 1 is 1.06 bits per heavy atom. The van der Waals surface area contributed by atoms with Gasteiger partial charge < -0.3 is 20.5 Å². The zero-order valence-electron chi connectivity index (χ0n) is 26.9. The fraction of sp³-hybridized carbons (Fsp3) is 0.294. The van der Waals surface area contributed by atoms with Gasteiger partial charge in [-0.05, 0) is 35.7 Å². The highest BCUT2D eigenvalue weighted by molar-refractivity contribution is 7.89. The first kappa shape index (κ1) is 36.5. The molecule has 0 bridgehead atoms. The van der Waals surface area contributed by atoms with Crippen molar-refractivity contribution in [2.24, 2.45) is 0 Å². The number of thiazole rings is 1. The SMILES string of the molecule is COC(=O)N[C@H](C(=O)NCC(F)(F)CCC(CO)N(Cc1cn[nH]c1)S(=O)(=O)c1ccc2ncsc2c1)C(c1ccccc1)c1ccccc1. The van der Waals surface area contributed by atoms with Crippen LogP contribution in [0.2, 0.25) is 0 Å². The summed E-state index contributed by atoms with van der Waals surface area (Å²) in [5.74, 6) is -5.16. The lowest BCUT2D eigenvalue weighted by Gasteiger charge is -2.31. The molecule has 264 valence electrons. The van der Waals surface area contributed by atoms with Gasteiger partial charge in [-0.1, -0.05) is 60.7 Å². The van der Waals surface area contributed by atoms with Crippen LogP contribution in [0.15, 0.2) is 102 Å². The average molecular weight is 727 g/mol. The second kappa shape index (κ2) is 16.3. The summed E-state index contributed by atoms with van der Waals surface area (Å²) in [5, 5.41) is 21.6. The Morgan fingerprint density at radius 2 is 1.74 bits per heavy atom. The van der Waals surface area contributed by atoms with E-state index in [0.29, 0.717) is 26.9 Å². The molecule has 0 radical (unpaired) electrons. The summed E-state index contributed by atoms with van der Waals surface area (Å²) >= 11 is 1.25. The number of hydrogen-bond acceptors (Lipinski definition) is 9. The van der Waals surface area contributed by atoms with Crippen LogP contribution in [-0.4, -0.2) is 83.3 Å². The number of nitrogens with zero attached hydrogens (tertiary/aromatic N) is 3. The number of aromatic nitrogens is 3. The number of sulfonamides is 1. The van der Waals surface area contributed by atoms with Crippen molar-refractivity contribution >= 4 is 43.6 Å². The number of nitrogens with one attached hydrogen (secondary N) is 3. The second-order valence-corrected chi connectivity index (χ2v) is 14.3. The Balaban J connectivity index is 1.33. The largest absolute Gasteiger partial charge is 0.453 e. The molecule has 5 rings (SSSR count). The minimum Gasteiger partial charge on any atom is -0.453 e. The number of halogens is 2. The first-order valence-corrected chi connectivity index (χ1v) is 17.9. The molecule has 2 aromatic heterocycles. The molecule has 0 spiro atoms. The van der Waals surface area contributed by atoms with E-state index < -0.39 is 71.9 Å². The monoisotopic (exact) mass is 726 g/mol. The Hall–Kier alpha value is -4.77. The van der Waals surface area contributed by atoms with Crippen LogP contribution in [0.25, 0.3) is 10.2 Å². The number of aliphatic hydroxyl groups excluding tert-OH is 1. The highest BCUT2D eigenvalue weighted by Crippen LogP contribution is 2.31. The van der Waals surface area contributed by atoms with E-state index >= 15 is 8.78 Å². The Morgan fingerprint density at radius 3 is 2.34 bits per heavy atom. The van der Waals surface area contributed by atoms with E-state index in [1.807, 2.05) is 0 Å². The summed E-state index contributed by atoms with van der Waals surface area (Å²) in [7, 11) is -3.17. The number of hydrogen-bond donors (Lipinski definition) is 4. The molecule has 1 unspecified atom stereocenters. The van der Waals surface area contributed by atoms with E-state index in [2.05, 4.69) is 25.8 Å². The molecule has 16 heteroatoms. The van der Waals surface area contributed by atoms with Crippen molar-refractivity contribution in [1.82, 2.24) is 30.1 Å². The molecule has 2 amide bonds. The molecule has 12 nitrogen and oxygen atoms in total. The summed E-state index contributed by atoms with van der Waals surface area (Å²) in [6.07, 6.45) is 0.641. The molecule has 2 heterocycles. The average Bonchev–Trinajstić information content (AvgIpc) is 3.83. The number of methoxy groups -OCH3 is 1. The van der Waals surface area contributed by atoms with Gasteiger partial charge in [0, 0.05) is 36.7 Å². The number of alkyl halides is 2. The lowest BCUT2D eigenvalue weighted by atomic mass is 9.84. The minimum atomic E-state index is -4.29. The zero-order chi connectivity index (χ0) is 35.7. The molecule has 5 aromatic rings. The number of amides is 2. The van der Waals surface area contributed by atoms with Crippen LogP contribution >= 0.6 is 11.3 Å². The third-order valence-corrected chi connectivity index (χ3v) is 10.9. The molecule has 0 aliphatic rings. The maximum atomic E-state index is 15.5. The van der Waals surface area contributed by atoms with Gasteiger partial charge in [-0.15, -0.1) is 11.3 Å². The highest BCUT2D eigenvalue weighted by Gasteiger charge is 2.38. The van der Waals surface area contributed by atoms with Crippen LogP contribution in [0, 0.1) is 0 Å². The van der Waals surface area contributed by atoms with Crippen LogP contribution in [0.4, 0.5) is 13.6 Å². The lowest BCUT2D eigenvalue weighted by molar-refractivity contribution is -0.125. The fourth-order valence-electron chi connectivity index (χ4n) is 5.59. The molecule has 0 saturated carbocycles. The van der Waals surface area contributed by atoms with Crippen molar-refractivity contribution in [2.45, 2.75) is 48.2 Å². The molecule has 4 N–H and O–H groups in total. The number of alkyl carbamates (subject to hydrolysis) is 1. The van der Waals surface area contributed by atoms with E-state index in [1.54, 1.807) is 72.2 Å². The molecule has 50 heavy (non-hydrogen) atoms. The van der Waals surface area contributed by atoms with Gasteiger partial charge in [0.05, 0.1) is 47.1 Å². The normalized spacial score (nSPS) is 13.3. The van der Waals surface area contributed by atoms with Gasteiger partial charge in [0.2, 0.25) is 15.9 Å². The first-order chi connectivity index (χ1) is 24.0. The Bertz CT molecular complexity index is 1920. The van der Waals surface area contributed by atoms with E-state index in [0.717, 1.165) is 11.4 Å². The van der Waals surface area contributed by atoms with E-state index in [-0.39, 0.29) is 11.4 Å². The standard InChI is InChI=1S/C34H36F2N6O6S2/c1-48-33(45)41-31(30(24-8-4-2-5-9-24)25-10-6-3-7-11-25)32(44)37-21-34(35,36)15-14-26(20-43)42(19-23-17-39-40-18-23)50(46,47)27-12-13-28-29(16-27)49-22-38-28/h2-13,16-18,22,26,30-31,43H,14-15,19-21H2,1H3,(H,37,44)(H,39,40)(H,41,45)/t26?,31-/m0/s1. The van der Waals surface area contributed by atoms with E-state index in [4.69, 9.17) is 4.74 Å². The maximum absolute atomic E-state index is 15.5. The second-order valence-electron chi connectivity index (χ2n) is 11.5. The Kier molecular flexibility index (Phi) is 11.9. The molecular formula is C34H36F2N6O6S2. The van der Waals surface area contributed by atoms with Gasteiger partial charge >= 0.3 is 6.09 Å². The van der Waals surface area contributed by atoms with Gasteiger partial charge in [-0.3, -0.25) is 9.89 Å². The van der Waals surface area contributed by atoms with Gasteiger partial charge in [0.1, 0.15) is 6.04 Å². The predicted octanol–water partition coefficient (Wildman–Crippen LogP) is 4.66. The maximum Gasteiger partial charge on any atom is 0.407 e. The van der Waals surface area contributed by atoms with E-state index in [1.165, 1.54) is 35.9 Å². The molecule has 0 saturated heterocycles. The predicted molar refractivity (Wildman–Crippen MR) is 183 cm³/mol.